The number of amides is 3. The molecule has 0 saturated carbocycles. The zero-order valence-electron chi connectivity index (χ0n) is 28.7. The van der Waals surface area contributed by atoms with Crippen LogP contribution in [0.3, 0.4) is 0 Å². The van der Waals surface area contributed by atoms with Gasteiger partial charge in [0.05, 0.1) is 26.9 Å². The van der Waals surface area contributed by atoms with Crippen LogP contribution in [0.5, 0.6) is 17.2 Å². The van der Waals surface area contributed by atoms with Gasteiger partial charge in [0.15, 0.2) is 11.5 Å². The molecular weight excluding hydrogens is 708 g/mol. The van der Waals surface area contributed by atoms with E-state index in [1.54, 1.807) is 97.1 Å². The van der Waals surface area contributed by atoms with Crippen molar-refractivity contribution in [2.45, 2.75) is 16.3 Å². The number of benzene rings is 5. The van der Waals surface area contributed by atoms with Crippen molar-refractivity contribution in [1.29, 1.82) is 0 Å². The third kappa shape index (κ3) is 9.98. The second kappa shape index (κ2) is 17.3. The maximum absolute atomic E-state index is 13.7. The van der Waals surface area contributed by atoms with Crippen molar-refractivity contribution in [3.63, 3.8) is 0 Å². The van der Waals surface area contributed by atoms with E-state index in [1.807, 2.05) is 0 Å². The average Bonchev–Trinajstić information content (AvgIpc) is 3.17. The SMILES string of the molecule is COc1cc(OC)c(OC)cc1/C=C(\NC(=O)c1ccccc1)C(=O)Nc1ccc(SC(C(=O)Nc2cccc(C(F)(F)F)c2)c2ccccc2)cc1. The lowest BCUT2D eigenvalue weighted by Gasteiger charge is -2.18. The molecule has 0 aliphatic carbocycles. The van der Waals surface area contributed by atoms with E-state index in [4.69, 9.17) is 14.2 Å². The summed E-state index contributed by atoms with van der Waals surface area (Å²) < 4.78 is 56.2. The summed E-state index contributed by atoms with van der Waals surface area (Å²) in [6.45, 7) is 0. The van der Waals surface area contributed by atoms with Crippen LogP contribution < -0.4 is 30.2 Å². The Bertz CT molecular complexity index is 2090. The van der Waals surface area contributed by atoms with Gasteiger partial charge < -0.3 is 30.2 Å². The van der Waals surface area contributed by atoms with Crippen LogP contribution in [0, 0.1) is 0 Å². The predicted octanol–water partition coefficient (Wildman–Crippen LogP) is 8.61. The van der Waals surface area contributed by atoms with E-state index in [2.05, 4.69) is 16.0 Å². The molecule has 5 rings (SSSR count). The Hall–Kier alpha value is -6.21. The molecule has 0 heterocycles. The van der Waals surface area contributed by atoms with Gasteiger partial charge in [0.25, 0.3) is 11.8 Å². The number of rotatable bonds is 13. The second-order valence-electron chi connectivity index (χ2n) is 11.3. The topological polar surface area (TPSA) is 115 Å². The molecule has 0 fully saturated rings. The van der Waals surface area contributed by atoms with Crippen LogP contribution in [-0.2, 0) is 15.8 Å². The Morgan fingerprint density at radius 2 is 1.30 bits per heavy atom. The molecule has 9 nitrogen and oxygen atoms in total. The largest absolute Gasteiger partial charge is 0.496 e. The fourth-order valence-corrected chi connectivity index (χ4v) is 6.12. The Balaban J connectivity index is 1.38. The van der Waals surface area contributed by atoms with Gasteiger partial charge in [-0.05, 0) is 72.3 Å². The van der Waals surface area contributed by atoms with Crippen molar-refractivity contribution in [1.82, 2.24) is 5.32 Å². The number of ether oxygens (including phenoxy) is 3. The van der Waals surface area contributed by atoms with Gasteiger partial charge in [-0.2, -0.15) is 13.2 Å². The lowest BCUT2D eigenvalue weighted by molar-refractivity contribution is -0.137. The summed E-state index contributed by atoms with van der Waals surface area (Å²) in [4.78, 5) is 41.1. The highest BCUT2D eigenvalue weighted by Gasteiger charge is 2.31. The van der Waals surface area contributed by atoms with E-state index in [1.165, 1.54) is 51.3 Å². The van der Waals surface area contributed by atoms with Crippen molar-refractivity contribution in [2.24, 2.45) is 0 Å². The van der Waals surface area contributed by atoms with Crippen LogP contribution in [0.15, 0.2) is 132 Å². The predicted molar refractivity (Wildman–Crippen MR) is 198 cm³/mol. The first kappa shape index (κ1) is 38.0. The fraction of sp³-hybridized carbons (Fsp3) is 0.125. The maximum atomic E-state index is 13.7. The number of carbonyl (C=O) groups is 3. The molecule has 0 bridgehead atoms. The molecule has 0 spiro atoms. The summed E-state index contributed by atoms with van der Waals surface area (Å²) in [7, 11) is 4.40. The minimum absolute atomic E-state index is 0.0123. The van der Waals surface area contributed by atoms with Gasteiger partial charge >= 0.3 is 6.18 Å². The van der Waals surface area contributed by atoms with Crippen molar-refractivity contribution in [3.8, 4) is 17.2 Å². The molecule has 0 aliphatic rings. The number of thioether (sulfide) groups is 1. The molecule has 0 aromatic heterocycles. The van der Waals surface area contributed by atoms with Gasteiger partial charge in [-0.25, -0.2) is 0 Å². The zero-order valence-corrected chi connectivity index (χ0v) is 29.5. The first-order valence-electron chi connectivity index (χ1n) is 16.0. The molecule has 3 amide bonds. The second-order valence-corrected chi connectivity index (χ2v) is 12.5. The van der Waals surface area contributed by atoms with Crippen molar-refractivity contribution in [2.75, 3.05) is 32.0 Å². The zero-order chi connectivity index (χ0) is 38.0. The monoisotopic (exact) mass is 741 g/mol. The number of anilines is 2. The normalized spacial score (nSPS) is 11.9. The Kier molecular flexibility index (Phi) is 12.4. The number of nitrogens with one attached hydrogen (secondary N) is 3. The third-order valence-corrected chi connectivity index (χ3v) is 8.99. The minimum atomic E-state index is -4.56. The van der Waals surface area contributed by atoms with E-state index in [0.29, 0.717) is 44.5 Å². The standard InChI is InChI=1S/C40H34F3N3O6S/c1-50-33-24-35(52-3)34(51-2)22-27(33)21-32(46-37(47)26-13-8-5-9-14-26)38(48)44-29-17-19-31(20-18-29)53-36(25-11-6-4-7-12-25)39(49)45-30-16-10-15-28(23-30)40(41,42)43/h4-24,36H,1-3H3,(H,44,48)(H,45,49)(H,46,47)/b32-21-. The minimum Gasteiger partial charge on any atom is -0.496 e. The van der Waals surface area contributed by atoms with Gasteiger partial charge in [-0.3, -0.25) is 14.4 Å². The van der Waals surface area contributed by atoms with E-state index in [9.17, 15) is 27.6 Å². The van der Waals surface area contributed by atoms with E-state index >= 15 is 0 Å². The molecule has 0 radical (unpaired) electrons. The van der Waals surface area contributed by atoms with Gasteiger partial charge in [-0.15, -0.1) is 11.8 Å². The summed E-state index contributed by atoms with van der Waals surface area (Å²) in [6, 6.07) is 31.5. The summed E-state index contributed by atoms with van der Waals surface area (Å²) in [5.74, 6) is -0.552. The smallest absolute Gasteiger partial charge is 0.416 e. The molecule has 1 unspecified atom stereocenters. The van der Waals surface area contributed by atoms with Crippen LogP contribution in [0.1, 0.15) is 32.3 Å². The van der Waals surface area contributed by atoms with Crippen LogP contribution in [0.4, 0.5) is 24.5 Å². The summed E-state index contributed by atoms with van der Waals surface area (Å²) in [5.41, 5.74) is 0.800. The molecular formula is C40H34F3N3O6S. The van der Waals surface area contributed by atoms with Crippen molar-refractivity contribution >= 4 is 46.9 Å². The van der Waals surface area contributed by atoms with Crippen molar-refractivity contribution < 1.29 is 41.8 Å². The lowest BCUT2D eigenvalue weighted by Crippen LogP contribution is -2.30. The molecule has 3 N–H and O–H groups in total. The molecule has 13 heteroatoms. The molecule has 5 aromatic rings. The fourth-order valence-electron chi connectivity index (χ4n) is 5.10. The van der Waals surface area contributed by atoms with Gasteiger partial charge in [-0.1, -0.05) is 54.6 Å². The summed E-state index contributed by atoms with van der Waals surface area (Å²) >= 11 is 1.18. The van der Waals surface area contributed by atoms with Gasteiger partial charge in [0.1, 0.15) is 16.7 Å². The molecule has 5 aromatic carbocycles. The third-order valence-electron chi connectivity index (χ3n) is 7.73. The van der Waals surface area contributed by atoms with Crippen molar-refractivity contribution in [3.05, 3.63) is 149 Å². The number of methoxy groups -OCH3 is 3. The van der Waals surface area contributed by atoms with E-state index < -0.39 is 34.7 Å². The van der Waals surface area contributed by atoms with Crippen LogP contribution >= 0.6 is 11.8 Å². The average molecular weight is 742 g/mol. The summed E-state index contributed by atoms with van der Waals surface area (Å²) in [5, 5.41) is 7.27. The number of carbonyl (C=O) groups excluding carboxylic acids is 3. The van der Waals surface area contributed by atoms with E-state index in [-0.39, 0.29) is 11.4 Å². The van der Waals surface area contributed by atoms with Crippen LogP contribution in [0.2, 0.25) is 0 Å². The molecule has 1 atom stereocenters. The highest BCUT2D eigenvalue weighted by Crippen LogP contribution is 2.38. The lowest BCUT2D eigenvalue weighted by atomic mass is 10.1. The Morgan fingerprint density at radius 1 is 0.679 bits per heavy atom. The number of halogens is 3. The Labute approximate surface area is 308 Å². The number of alkyl halides is 3. The maximum Gasteiger partial charge on any atom is 0.416 e. The van der Waals surface area contributed by atoms with Gasteiger partial charge in [0, 0.05) is 33.5 Å². The highest BCUT2D eigenvalue weighted by atomic mass is 32.2. The molecule has 53 heavy (non-hydrogen) atoms. The number of hydrogen-bond acceptors (Lipinski definition) is 7. The molecule has 0 saturated heterocycles. The molecule has 272 valence electrons. The first-order chi connectivity index (χ1) is 25.5. The molecule has 0 aliphatic heterocycles. The Morgan fingerprint density at radius 3 is 1.92 bits per heavy atom. The van der Waals surface area contributed by atoms with Crippen LogP contribution in [-0.4, -0.2) is 39.1 Å². The first-order valence-corrected chi connectivity index (χ1v) is 16.9. The van der Waals surface area contributed by atoms with Crippen LogP contribution in [0.25, 0.3) is 6.08 Å². The summed E-state index contributed by atoms with van der Waals surface area (Å²) in [6.07, 6.45) is -3.11. The highest BCUT2D eigenvalue weighted by molar-refractivity contribution is 8.00. The van der Waals surface area contributed by atoms with E-state index in [0.717, 1.165) is 12.1 Å². The quantitative estimate of drug-likeness (QED) is 0.0818. The van der Waals surface area contributed by atoms with Gasteiger partial charge in [0.2, 0.25) is 5.91 Å². The number of hydrogen-bond donors (Lipinski definition) is 3.